The Morgan fingerprint density at radius 3 is 1.83 bits per heavy atom. The standard InChI is InChI=1S/C38H69NO8/c1-3-5-7-9-10-11-12-13-14-15-16-17-18-19-20-21-22-24-26-28-34(42)39-31(32(41)27-25-23-8-6-4-2)30-46-38-37(45)36(44)35(43)33(29-40)47-38/h10-11,13-14,25,27,31-33,35-38,40-41,43-45H,3-9,12,15-24,26,28-30H2,1-2H3,(H,39,42)/b11-10-,14-13-,27-25+. The topological polar surface area (TPSA) is 149 Å². The number of aliphatic hydroxyl groups is 5. The van der Waals surface area contributed by atoms with E-state index in [9.17, 15) is 30.3 Å². The lowest BCUT2D eigenvalue weighted by atomic mass is 9.99. The molecule has 7 atom stereocenters. The predicted octanol–water partition coefficient (Wildman–Crippen LogP) is 6.16. The van der Waals surface area contributed by atoms with E-state index in [2.05, 4.69) is 43.5 Å². The first-order valence-electron chi connectivity index (χ1n) is 18.7. The Balaban J connectivity index is 2.29. The maximum atomic E-state index is 12.8. The quantitative estimate of drug-likeness (QED) is 0.0411. The highest BCUT2D eigenvalue weighted by atomic mass is 16.7. The van der Waals surface area contributed by atoms with Gasteiger partial charge in [0.15, 0.2) is 6.29 Å². The van der Waals surface area contributed by atoms with E-state index >= 15 is 0 Å². The van der Waals surface area contributed by atoms with Crippen LogP contribution in [0.2, 0.25) is 0 Å². The van der Waals surface area contributed by atoms with Gasteiger partial charge in [0.05, 0.1) is 25.4 Å². The highest BCUT2D eigenvalue weighted by Gasteiger charge is 2.44. The minimum absolute atomic E-state index is 0.192. The zero-order valence-corrected chi connectivity index (χ0v) is 29.5. The molecule has 1 saturated heterocycles. The first-order valence-corrected chi connectivity index (χ1v) is 18.7. The molecule has 0 aliphatic carbocycles. The second kappa shape index (κ2) is 29.3. The van der Waals surface area contributed by atoms with Crippen molar-refractivity contribution in [2.45, 2.75) is 185 Å². The Bertz CT molecular complexity index is 833. The van der Waals surface area contributed by atoms with Crippen molar-refractivity contribution in [3.05, 3.63) is 36.5 Å². The van der Waals surface area contributed by atoms with E-state index in [1.54, 1.807) is 6.08 Å². The van der Waals surface area contributed by atoms with Crippen molar-refractivity contribution in [1.29, 1.82) is 0 Å². The minimum atomic E-state index is -1.56. The molecule has 0 aromatic carbocycles. The number of amides is 1. The summed E-state index contributed by atoms with van der Waals surface area (Å²) in [4.78, 5) is 12.8. The van der Waals surface area contributed by atoms with Crippen LogP contribution in [-0.4, -0.2) is 87.5 Å². The fraction of sp³-hybridized carbons (Fsp3) is 0.816. The number of ether oxygens (including phenoxy) is 2. The Labute approximate surface area is 285 Å². The number of hydrogen-bond acceptors (Lipinski definition) is 8. The van der Waals surface area contributed by atoms with Gasteiger partial charge in [0, 0.05) is 6.42 Å². The molecular formula is C38H69NO8. The van der Waals surface area contributed by atoms with Gasteiger partial charge < -0.3 is 40.3 Å². The normalized spacial score (nSPS) is 23.3. The van der Waals surface area contributed by atoms with E-state index in [1.165, 1.54) is 70.6 Å². The number of carbonyl (C=O) groups is 1. The van der Waals surface area contributed by atoms with Gasteiger partial charge in [-0.05, 0) is 51.4 Å². The highest BCUT2D eigenvalue weighted by Crippen LogP contribution is 2.22. The van der Waals surface area contributed by atoms with Gasteiger partial charge in [0.2, 0.25) is 5.91 Å². The van der Waals surface area contributed by atoms with Crippen LogP contribution in [0.15, 0.2) is 36.5 Å². The van der Waals surface area contributed by atoms with Gasteiger partial charge in [-0.25, -0.2) is 0 Å². The molecule has 47 heavy (non-hydrogen) atoms. The molecule has 274 valence electrons. The van der Waals surface area contributed by atoms with Gasteiger partial charge in [0.25, 0.3) is 0 Å². The second-order valence-electron chi connectivity index (χ2n) is 13.0. The summed E-state index contributed by atoms with van der Waals surface area (Å²) in [5, 5.41) is 53.5. The van der Waals surface area contributed by atoms with Gasteiger partial charge in [0.1, 0.15) is 24.4 Å². The molecule has 1 aliphatic heterocycles. The van der Waals surface area contributed by atoms with Crippen molar-refractivity contribution in [3.8, 4) is 0 Å². The van der Waals surface area contributed by atoms with Crippen LogP contribution in [0.5, 0.6) is 0 Å². The summed E-state index contributed by atoms with van der Waals surface area (Å²) < 4.78 is 11.1. The molecule has 0 aromatic rings. The lowest BCUT2D eigenvalue weighted by molar-refractivity contribution is -0.302. The zero-order chi connectivity index (χ0) is 34.5. The smallest absolute Gasteiger partial charge is 0.220 e. The molecule has 0 radical (unpaired) electrons. The van der Waals surface area contributed by atoms with Crippen molar-refractivity contribution in [2.24, 2.45) is 0 Å². The van der Waals surface area contributed by atoms with Crippen molar-refractivity contribution in [2.75, 3.05) is 13.2 Å². The van der Waals surface area contributed by atoms with Crippen LogP contribution >= 0.6 is 0 Å². The van der Waals surface area contributed by atoms with Crippen LogP contribution in [0.3, 0.4) is 0 Å². The van der Waals surface area contributed by atoms with Crippen molar-refractivity contribution < 1.29 is 39.8 Å². The van der Waals surface area contributed by atoms with Crippen molar-refractivity contribution in [3.63, 3.8) is 0 Å². The summed E-state index contributed by atoms with van der Waals surface area (Å²) >= 11 is 0. The summed E-state index contributed by atoms with van der Waals surface area (Å²) in [6, 6.07) is -0.801. The predicted molar refractivity (Wildman–Crippen MR) is 189 cm³/mol. The number of aliphatic hydroxyl groups excluding tert-OH is 5. The molecule has 1 fully saturated rings. The van der Waals surface area contributed by atoms with Crippen LogP contribution in [0.25, 0.3) is 0 Å². The molecule has 0 aromatic heterocycles. The zero-order valence-electron chi connectivity index (χ0n) is 29.5. The van der Waals surface area contributed by atoms with Crippen LogP contribution < -0.4 is 5.32 Å². The van der Waals surface area contributed by atoms with Gasteiger partial charge in [-0.15, -0.1) is 0 Å². The average Bonchev–Trinajstić information content (AvgIpc) is 3.07. The minimum Gasteiger partial charge on any atom is -0.394 e. The molecule has 7 unspecified atom stereocenters. The molecule has 6 N–H and O–H groups in total. The fourth-order valence-corrected chi connectivity index (χ4v) is 5.59. The Morgan fingerprint density at radius 2 is 1.26 bits per heavy atom. The number of rotatable bonds is 29. The van der Waals surface area contributed by atoms with Crippen LogP contribution in [-0.2, 0) is 14.3 Å². The molecular weight excluding hydrogens is 598 g/mol. The molecule has 1 rings (SSSR count). The average molecular weight is 668 g/mol. The van der Waals surface area contributed by atoms with E-state index in [-0.39, 0.29) is 12.5 Å². The number of unbranched alkanes of at least 4 members (excludes halogenated alkanes) is 15. The maximum Gasteiger partial charge on any atom is 0.220 e. The lowest BCUT2D eigenvalue weighted by Gasteiger charge is -2.40. The second-order valence-corrected chi connectivity index (χ2v) is 13.0. The lowest BCUT2D eigenvalue weighted by Crippen LogP contribution is -2.60. The van der Waals surface area contributed by atoms with Gasteiger partial charge >= 0.3 is 0 Å². The fourth-order valence-electron chi connectivity index (χ4n) is 5.59. The summed E-state index contributed by atoms with van der Waals surface area (Å²) in [6.07, 6.45) is 26.6. The van der Waals surface area contributed by atoms with E-state index in [0.717, 1.165) is 51.4 Å². The maximum absolute atomic E-state index is 12.8. The summed E-state index contributed by atoms with van der Waals surface area (Å²) in [6.45, 7) is 3.60. The van der Waals surface area contributed by atoms with Crippen LogP contribution in [0, 0.1) is 0 Å². The largest absolute Gasteiger partial charge is 0.394 e. The van der Waals surface area contributed by atoms with Crippen molar-refractivity contribution >= 4 is 5.91 Å². The SMILES string of the molecule is CCCCC/C=C\C/C=C\CCCCCCCCCCCC(=O)NC(COC1OC(CO)C(O)C(O)C1O)C(O)/C=C/CCCCC. The molecule has 1 amide bonds. The third-order valence-corrected chi connectivity index (χ3v) is 8.71. The molecule has 0 saturated carbocycles. The van der Waals surface area contributed by atoms with Crippen LogP contribution in [0.4, 0.5) is 0 Å². The molecule has 1 aliphatic rings. The Hall–Kier alpha value is -1.59. The van der Waals surface area contributed by atoms with Gasteiger partial charge in [-0.3, -0.25) is 4.79 Å². The number of carbonyl (C=O) groups excluding carboxylic acids is 1. The first-order chi connectivity index (χ1) is 22.8. The van der Waals surface area contributed by atoms with Crippen LogP contribution in [0.1, 0.15) is 142 Å². The molecule has 1 heterocycles. The highest BCUT2D eigenvalue weighted by molar-refractivity contribution is 5.76. The third-order valence-electron chi connectivity index (χ3n) is 8.71. The molecule has 0 spiro atoms. The van der Waals surface area contributed by atoms with Crippen molar-refractivity contribution in [1.82, 2.24) is 5.32 Å². The monoisotopic (exact) mass is 668 g/mol. The number of allylic oxidation sites excluding steroid dienone is 5. The first kappa shape index (κ1) is 43.4. The summed E-state index contributed by atoms with van der Waals surface area (Å²) in [5.74, 6) is -0.192. The van der Waals surface area contributed by atoms with E-state index < -0.39 is 49.5 Å². The third kappa shape index (κ3) is 21.2. The van der Waals surface area contributed by atoms with E-state index in [1.807, 2.05) is 6.08 Å². The molecule has 9 heteroatoms. The van der Waals surface area contributed by atoms with Gasteiger partial charge in [-0.2, -0.15) is 0 Å². The van der Waals surface area contributed by atoms with Gasteiger partial charge in [-0.1, -0.05) is 121 Å². The Morgan fingerprint density at radius 1 is 0.723 bits per heavy atom. The number of hydrogen-bond donors (Lipinski definition) is 6. The molecule has 9 nitrogen and oxygen atoms in total. The summed E-state index contributed by atoms with van der Waals surface area (Å²) in [5.41, 5.74) is 0. The Kier molecular flexibility index (Phi) is 27.1. The molecule has 0 bridgehead atoms. The van der Waals surface area contributed by atoms with E-state index in [4.69, 9.17) is 9.47 Å². The van der Waals surface area contributed by atoms with E-state index in [0.29, 0.717) is 6.42 Å². The number of nitrogens with one attached hydrogen (secondary N) is 1. The summed E-state index contributed by atoms with van der Waals surface area (Å²) in [7, 11) is 0.